The van der Waals surface area contributed by atoms with Crippen LogP contribution in [0.1, 0.15) is 24.3 Å². The second-order valence-electron chi connectivity index (χ2n) is 3.77. The molecule has 2 heteroatoms. The van der Waals surface area contributed by atoms with Crippen molar-refractivity contribution in [2.24, 2.45) is 11.7 Å². The van der Waals surface area contributed by atoms with Gasteiger partial charge in [0.05, 0.1) is 0 Å². The molecule has 0 aliphatic heterocycles. The number of hydrogen-bond acceptors (Lipinski definition) is 2. The van der Waals surface area contributed by atoms with Gasteiger partial charge in [0, 0.05) is 0 Å². The standard InChI is InChI=1S/C11H15NO/c12-7-9-4-5-11(9)8-2-1-3-10(13)6-8/h1-3,6,9,11,13H,4-5,7,12H2. The normalized spacial score (nSPS) is 26.8. The van der Waals surface area contributed by atoms with E-state index >= 15 is 0 Å². The Bertz CT molecular complexity index is 296. The number of benzene rings is 1. The smallest absolute Gasteiger partial charge is 0.115 e. The molecular formula is C11H15NO. The maximum absolute atomic E-state index is 9.31. The number of rotatable bonds is 2. The summed E-state index contributed by atoms with van der Waals surface area (Å²) in [5.41, 5.74) is 6.87. The Morgan fingerprint density at radius 1 is 1.38 bits per heavy atom. The van der Waals surface area contributed by atoms with Gasteiger partial charge in [0.25, 0.3) is 0 Å². The van der Waals surface area contributed by atoms with Gasteiger partial charge >= 0.3 is 0 Å². The molecule has 0 aromatic heterocycles. The van der Waals surface area contributed by atoms with Crippen LogP contribution >= 0.6 is 0 Å². The Kier molecular flexibility index (Phi) is 2.23. The summed E-state index contributed by atoms with van der Waals surface area (Å²) in [6, 6.07) is 7.54. The lowest BCUT2D eigenvalue weighted by Crippen LogP contribution is -2.30. The molecular weight excluding hydrogens is 162 g/mol. The maximum Gasteiger partial charge on any atom is 0.115 e. The zero-order valence-corrected chi connectivity index (χ0v) is 7.61. The zero-order chi connectivity index (χ0) is 9.26. The van der Waals surface area contributed by atoms with Crippen LogP contribution in [-0.2, 0) is 0 Å². The molecule has 70 valence electrons. The average molecular weight is 177 g/mol. The second kappa shape index (κ2) is 3.38. The molecule has 0 saturated heterocycles. The van der Waals surface area contributed by atoms with E-state index in [4.69, 9.17) is 5.73 Å². The summed E-state index contributed by atoms with van der Waals surface area (Å²) in [6.07, 6.45) is 2.45. The van der Waals surface area contributed by atoms with Crippen LogP contribution in [0.2, 0.25) is 0 Å². The van der Waals surface area contributed by atoms with Gasteiger partial charge in [-0.05, 0) is 48.9 Å². The van der Waals surface area contributed by atoms with E-state index in [0.717, 1.165) is 6.54 Å². The van der Waals surface area contributed by atoms with Crippen molar-refractivity contribution in [3.05, 3.63) is 29.8 Å². The van der Waals surface area contributed by atoms with E-state index in [1.165, 1.54) is 18.4 Å². The van der Waals surface area contributed by atoms with Gasteiger partial charge in [-0.2, -0.15) is 0 Å². The van der Waals surface area contributed by atoms with E-state index in [1.54, 1.807) is 6.07 Å². The summed E-state index contributed by atoms with van der Waals surface area (Å²) < 4.78 is 0. The highest BCUT2D eigenvalue weighted by Gasteiger charge is 2.30. The molecule has 2 nitrogen and oxygen atoms in total. The third kappa shape index (κ3) is 1.54. The molecule has 0 bridgehead atoms. The summed E-state index contributed by atoms with van der Waals surface area (Å²) >= 11 is 0. The van der Waals surface area contributed by atoms with Gasteiger partial charge in [-0.25, -0.2) is 0 Å². The highest BCUT2D eigenvalue weighted by Crippen LogP contribution is 2.42. The lowest BCUT2D eigenvalue weighted by atomic mass is 9.70. The van der Waals surface area contributed by atoms with Gasteiger partial charge in [-0.15, -0.1) is 0 Å². The Balaban J connectivity index is 2.16. The van der Waals surface area contributed by atoms with Gasteiger partial charge in [0.15, 0.2) is 0 Å². The van der Waals surface area contributed by atoms with Crippen LogP contribution in [0.25, 0.3) is 0 Å². The highest BCUT2D eigenvalue weighted by atomic mass is 16.3. The van der Waals surface area contributed by atoms with Crippen LogP contribution in [0.15, 0.2) is 24.3 Å². The molecule has 2 atom stereocenters. The molecule has 13 heavy (non-hydrogen) atoms. The Morgan fingerprint density at radius 3 is 2.77 bits per heavy atom. The minimum atomic E-state index is 0.361. The minimum absolute atomic E-state index is 0.361. The monoisotopic (exact) mass is 177 g/mol. The van der Waals surface area contributed by atoms with E-state index in [0.29, 0.717) is 17.6 Å². The van der Waals surface area contributed by atoms with Crippen molar-refractivity contribution in [3.63, 3.8) is 0 Å². The SMILES string of the molecule is NCC1CCC1c1cccc(O)c1. The first-order valence-electron chi connectivity index (χ1n) is 4.80. The van der Waals surface area contributed by atoms with Crippen LogP contribution in [-0.4, -0.2) is 11.7 Å². The number of hydrogen-bond donors (Lipinski definition) is 2. The summed E-state index contributed by atoms with van der Waals surface area (Å²) in [5.74, 6) is 1.57. The van der Waals surface area contributed by atoms with E-state index in [1.807, 2.05) is 12.1 Å². The summed E-state index contributed by atoms with van der Waals surface area (Å²) in [4.78, 5) is 0. The predicted octanol–water partition coefficient (Wildman–Crippen LogP) is 1.84. The molecule has 1 saturated carbocycles. The van der Waals surface area contributed by atoms with Crippen molar-refractivity contribution >= 4 is 0 Å². The number of aromatic hydroxyl groups is 1. The van der Waals surface area contributed by atoms with Crippen molar-refractivity contribution < 1.29 is 5.11 Å². The van der Waals surface area contributed by atoms with E-state index in [-0.39, 0.29) is 0 Å². The topological polar surface area (TPSA) is 46.2 Å². The number of phenols is 1. The van der Waals surface area contributed by atoms with Crippen molar-refractivity contribution in [2.75, 3.05) is 6.54 Å². The highest BCUT2D eigenvalue weighted by molar-refractivity contribution is 5.31. The molecule has 0 amide bonds. The maximum atomic E-state index is 9.31. The first kappa shape index (κ1) is 8.57. The molecule has 0 radical (unpaired) electrons. The molecule has 1 aliphatic rings. The summed E-state index contributed by atoms with van der Waals surface area (Å²) in [5, 5.41) is 9.31. The van der Waals surface area contributed by atoms with Crippen LogP contribution in [0.3, 0.4) is 0 Å². The summed E-state index contributed by atoms with van der Waals surface area (Å²) in [7, 11) is 0. The fourth-order valence-corrected chi connectivity index (χ4v) is 2.05. The van der Waals surface area contributed by atoms with E-state index in [2.05, 4.69) is 6.07 Å². The fraction of sp³-hybridized carbons (Fsp3) is 0.455. The Morgan fingerprint density at radius 2 is 2.23 bits per heavy atom. The molecule has 1 fully saturated rings. The first-order valence-corrected chi connectivity index (χ1v) is 4.80. The quantitative estimate of drug-likeness (QED) is 0.724. The lowest BCUT2D eigenvalue weighted by Gasteiger charge is -2.36. The average Bonchev–Trinajstić information content (AvgIpc) is 2.03. The molecule has 1 aromatic carbocycles. The number of nitrogens with two attached hydrogens (primary N) is 1. The van der Waals surface area contributed by atoms with Crippen molar-refractivity contribution in [1.82, 2.24) is 0 Å². The molecule has 2 unspecified atom stereocenters. The van der Waals surface area contributed by atoms with E-state index < -0.39 is 0 Å². The molecule has 1 aromatic rings. The fourth-order valence-electron chi connectivity index (χ4n) is 2.05. The third-order valence-corrected chi connectivity index (χ3v) is 3.02. The van der Waals surface area contributed by atoms with Gasteiger partial charge in [0.2, 0.25) is 0 Å². The van der Waals surface area contributed by atoms with Crippen molar-refractivity contribution in [1.29, 1.82) is 0 Å². The van der Waals surface area contributed by atoms with E-state index in [9.17, 15) is 5.11 Å². The first-order chi connectivity index (χ1) is 6.31. The largest absolute Gasteiger partial charge is 0.508 e. The molecule has 0 spiro atoms. The molecule has 2 rings (SSSR count). The van der Waals surface area contributed by atoms with Crippen LogP contribution in [0.4, 0.5) is 0 Å². The summed E-state index contributed by atoms with van der Waals surface area (Å²) in [6.45, 7) is 0.764. The van der Waals surface area contributed by atoms with Gasteiger partial charge in [-0.3, -0.25) is 0 Å². The van der Waals surface area contributed by atoms with Crippen molar-refractivity contribution in [2.45, 2.75) is 18.8 Å². The third-order valence-electron chi connectivity index (χ3n) is 3.02. The lowest BCUT2D eigenvalue weighted by molar-refractivity contribution is 0.263. The Hall–Kier alpha value is -1.02. The van der Waals surface area contributed by atoms with Crippen LogP contribution in [0, 0.1) is 5.92 Å². The minimum Gasteiger partial charge on any atom is -0.508 e. The molecule has 0 heterocycles. The van der Waals surface area contributed by atoms with Gasteiger partial charge in [-0.1, -0.05) is 12.1 Å². The van der Waals surface area contributed by atoms with Crippen LogP contribution < -0.4 is 5.73 Å². The Labute approximate surface area is 78.4 Å². The van der Waals surface area contributed by atoms with Crippen LogP contribution in [0.5, 0.6) is 5.75 Å². The van der Waals surface area contributed by atoms with Crippen molar-refractivity contribution in [3.8, 4) is 5.75 Å². The second-order valence-corrected chi connectivity index (χ2v) is 3.77. The molecule has 1 aliphatic carbocycles. The van der Waals surface area contributed by atoms with Gasteiger partial charge in [0.1, 0.15) is 5.75 Å². The zero-order valence-electron chi connectivity index (χ0n) is 7.61. The molecule has 3 N–H and O–H groups in total. The predicted molar refractivity (Wildman–Crippen MR) is 52.6 cm³/mol. The number of phenolic OH excluding ortho intramolecular Hbond substituents is 1. The van der Waals surface area contributed by atoms with Gasteiger partial charge < -0.3 is 10.8 Å².